The van der Waals surface area contributed by atoms with Crippen molar-refractivity contribution in [3.8, 4) is 0 Å². The number of hydrogen-bond acceptors (Lipinski definition) is 3. The van der Waals surface area contributed by atoms with Crippen molar-refractivity contribution in [2.75, 3.05) is 4.90 Å². The van der Waals surface area contributed by atoms with Crippen LogP contribution in [-0.4, -0.2) is 20.7 Å². The van der Waals surface area contributed by atoms with Crippen molar-refractivity contribution in [3.05, 3.63) is 77.1 Å². The van der Waals surface area contributed by atoms with E-state index < -0.39 is 0 Å². The molecule has 0 unspecified atom stereocenters. The minimum atomic E-state index is -0.110. The van der Waals surface area contributed by atoms with Crippen LogP contribution in [0.25, 0.3) is 0 Å². The number of hydrogen-bond donors (Lipinski definition) is 0. The molecule has 1 aliphatic heterocycles. The highest BCUT2D eigenvalue weighted by molar-refractivity contribution is 6.31. The molecule has 0 N–H and O–H groups in total. The molecule has 0 bridgehead atoms. The predicted molar refractivity (Wildman–Crippen MR) is 101 cm³/mol. The molecule has 4 rings (SSSR count). The van der Waals surface area contributed by atoms with Crippen LogP contribution in [0.1, 0.15) is 43.0 Å². The summed E-state index contributed by atoms with van der Waals surface area (Å²) in [6, 6.07) is 17.7. The molecule has 0 saturated heterocycles. The number of fused-ring (bicyclic) bond motifs is 1. The predicted octanol–water partition coefficient (Wildman–Crippen LogP) is 4.41. The van der Waals surface area contributed by atoms with Crippen LogP contribution in [-0.2, 0) is 4.79 Å². The molecular formula is C20H19ClN4O. The van der Waals surface area contributed by atoms with Gasteiger partial charge in [0.2, 0.25) is 11.9 Å². The highest BCUT2D eigenvalue weighted by Gasteiger charge is 2.39. The monoisotopic (exact) mass is 366 g/mol. The van der Waals surface area contributed by atoms with Gasteiger partial charge in [-0.1, -0.05) is 67.1 Å². The fourth-order valence-corrected chi connectivity index (χ4v) is 3.87. The molecule has 0 spiro atoms. The summed E-state index contributed by atoms with van der Waals surface area (Å²) in [6.07, 6.45) is 2.60. The number of carbonyl (C=O) groups excluding carboxylic acids is 1. The zero-order chi connectivity index (χ0) is 18.1. The number of anilines is 1. The van der Waals surface area contributed by atoms with Crippen molar-refractivity contribution in [2.24, 2.45) is 0 Å². The second kappa shape index (κ2) is 6.92. The number of amides is 1. The third kappa shape index (κ3) is 2.78. The summed E-state index contributed by atoms with van der Waals surface area (Å²) in [5.41, 5.74) is 2.08. The molecule has 0 saturated carbocycles. The minimum Gasteiger partial charge on any atom is -0.274 e. The summed E-state index contributed by atoms with van der Waals surface area (Å²) in [4.78, 5) is 18.9. The lowest BCUT2D eigenvalue weighted by Gasteiger charge is -2.39. The van der Waals surface area contributed by atoms with Crippen LogP contribution in [0.4, 0.5) is 5.95 Å². The molecule has 0 aliphatic carbocycles. The van der Waals surface area contributed by atoms with E-state index >= 15 is 0 Å². The summed E-state index contributed by atoms with van der Waals surface area (Å²) in [7, 11) is 0. The van der Waals surface area contributed by atoms with Gasteiger partial charge in [-0.2, -0.15) is 10.1 Å². The van der Waals surface area contributed by atoms with Crippen LogP contribution in [0, 0.1) is 0 Å². The van der Waals surface area contributed by atoms with Crippen molar-refractivity contribution >= 4 is 23.5 Å². The first-order chi connectivity index (χ1) is 12.7. The molecule has 5 nitrogen and oxygen atoms in total. The third-order valence-electron chi connectivity index (χ3n) is 4.84. The number of nitrogens with zero attached hydrogens (tertiary/aromatic N) is 4. The second-order valence-electron chi connectivity index (χ2n) is 6.32. The molecule has 3 aromatic rings. The van der Waals surface area contributed by atoms with E-state index in [9.17, 15) is 4.79 Å². The van der Waals surface area contributed by atoms with Gasteiger partial charge >= 0.3 is 0 Å². The Morgan fingerprint density at radius 1 is 1.12 bits per heavy atom. The average Bonchev–Trinajstić information content (AvgIpc) is 3.17. The highest BCUT2D eigenvalue weighted by Crippen LogP contribution is 2.43. The van der Waals surface area contributed by atoms with Crippen LogP contribution >= 0.6 is 11.6 Å². The Bertz CT molecular complexity index is 924. The summed E-state index contributed by atoms with van der Waals surface area (Å²) in [5, 5.41) is 5.10. The van der Waals surface area contributed by atoms with Crippen molar-refractivity contribution in [1.29, 1.82) is 0 Å². The smallest absolute Gasteiger partial charge is 0.231 e. The Hall–Kier alpha value is -2.66. The van der Waals surface area contributed by atoms with Crippen LogP contribution in [0.2, 0.25) is 5.02 Å². The van der Waals surface area contributed by atoms with Gasteiger partial charge in [0.1, 0.15) is 6.33 Å². The molecule has 132 valence electrons. The zero-order valence-electron chi connectivity index (χ0n) is 14.4. The van der Waals surface area contributed by atoms with E-state index in [1.165, 1.54) is 6.33 Å². The SMILES string of the molecule is CCC(=O)N1c2ncnn2[C@H](c2ccccc2Cl)C[C@H]1c1ccccc1. The maximum absolute atomic E-state index is 12.7. The fraction of sp³-hybridized carbons (Fsp3) is 0.250. The van der Waals surface area contributed by atoms with Gasteiger partial charge in [-0.25, -0.2) is 4.68 Å². The van der Waals surface area contributed by atoms with Crippen LogP contribution in [0.5, 0.6) is 0 Å². The summed E-state index contributed by atoms with van der Waals surface area (Å²) in [6.45, 7) is 1.87. The molecule has 2 heterocycles. The first-order valence-electron chi connectivity index (χ1n) is 8.71. The van der Waals surface area contributed by atoms with E-state index in [0.29, 0.717) is 23.8 Å². The maximum atomic E-state index is 12.7. The van der Waals surface area contributed by atoms with Gasteiger partial charge in [0.15, 0.2) is 0 Å². The Morgan fingerprint density at radius 2 is 1.85 bits per heavy atom. The Morgan fingerprint density at radius 3 is 2.58 bits per heavy atom. The average molecular weight is 367 g/mol. The van der Waals surface area contributed by atoms with Gasteiger partial charge in [0.05, 0.1) is 12.1 Å². The number of rotatable bonds is 3. The van der Waals surface area contributed by atoms with E-state index in [0.717, 1.165) is 11.1 Å². The van der Waals surface area contributed by atoms with E-state index in [2.05, 4.69) is 22.2 Å². The Labute approximate surface area is 157 Å². The van der Waals surface area contributed by atoms with Crippen LogP contribution in [0.15, 0.2) is 60.9 Å². The van der Waals surface area contributed by atoms with Crippen LogP contribution < -0.4 is 4.90 Å². The molecule has 1 aromatic heterocycles. The molecule has 1 aliphatic rings. The zero-order valence-corrected chi connectivity index (χ0v) is 15.2. The molecule has 1 amide bonds. The van der Waals surface area contributed by atoms with Gasteiger partial charge in [0.25, 0.3) is 0 Å². The molecule has 6 heteroatoms. The third-order valence-corrected chi connectivity index (χ3v) is 5.19. The summed E-state index contributed by atoms with van der Waals surface area (Å²) < 4.78 is 1.81. The topological polar surface area (TPSA) is 51.0 Å². The number of halogens is 1. The fourth-order valence-electron chi connectivity index (χ4n) is 3.61. The molecule has 0 fully saturated rings. The largest absolute Gasteiger partial charge is 0.274 e. The van der Waals surface area contributed by atoms with Crippen molar-refractivity contribution in [3.63, 3.8) is 0 Å². The Balaban J connectivity index is 1.87. The second-order valence-corrected chi connectivity index (χ2v) is 6.73. The van der Waals surface area contributed by atoms with Gasteiger partial charge in [-0.05, 0) is 23.6 Å². The maximum Gasteiger partial charge on any atom is 0.231 e. The quantitative estimate of drug-likeness (QED) is 0.690. The van der Waals surface area contributed by atoms with Crippen LogP contribution in [0.3, 0.4) is 0 Å². The number of carbonyl (C=O) groups is 1. The standard InChI is InChI=1S/C20H19ClN4O/c1-2-19(26)24-17(14-8-4-3-5-9-14)12-18(25-20(24)22-13-23-25)15-10-6-7-11-16(15)21/h3-11,13,17-18H,2,12H2,1H3/t17-,18-/m0/s1. The lowest BCUT2D eigenvalue weighted by Crippen LogP contribution is -2.42. The van der Waals surface area contributed by atoms with Gasteiger partial charge in [-0.15, -0.1) is 0 Å². The van der Waals surface area contributed by atoms with E-state index in [1.54, 1.807) is 4.90 Å². The van der Waals surface area contributed by atoms with E-state index in [1.807, 2.05) is 54.1 Å². The Kier molecular flexibility index (Phi) is 4.47. The molecule has 0 radical (unpaired) electrons. The van der Waals surface area contributed by atoms with E-state index in [4.69, 9.17) is 11.6 Å². The first kappa shape index (κ1) is 16.8. The van der Waals surface area contributed by atoms with E-state index in [-0.39, 0.29) is 18.0 Å². The van der Waals surface area contributed by atoms with Crippen molar-refractivity contribution in [2.45, 2.75) is 31.8 Å². The van der Waals surface area contributed by atoms with Gasteiger partial charge < -0.3 is 0 Å². The van der Waals surface area contributed by atoms with Gasteiger partial charge in [-0.3, -0.25) is 9.69 Å². The van der Waals surface area contributed by atoms with Gasteiger partial charge in [0, 0.05) is 11.4 Å². The summed E-state index contributed by atoms with van der Waals surface area (Å²) >= 11 is 6.47. The lowest BCUT2D eigenvalue weighted by molar-refractivity contribution is -0.119. The number of aromatic nitrogens is 3. The lowest BCUT2D eigenvalue weighted by atomic mass is 9.91. The van der Waals surface area contributed by atoms with Crippen molar-refractivity contribution < 1.29 is 4.79 Å². The first-order valence-corrected chi connectivity index (χ1v) is 9.09. The molecule has 2 atom stereocenters. The minimum absolute atomic E-state index is 0.0331. The molecule has 26 heavy (non-hydrogen) atoms. The summed E-state index contributed by atoms with van der Waals surface area (Å²) in [5.74, 6) is 0.604. The highest BCUT2D eigenvalue weighted by atomic mass is 35.5. The number of benzene rings is 2. The normalized spacial score (nSPS) is 19.2. The van der Waals surface area contributed by atoms with Crippen molar-refractivity contribution in [1.82, 2.24) is 14.8 Å². The molecular weight excluding hydrogens is 348 g/mol. The molecule has 2 aromatic carbocycles.